The van der Waals surface area contributed by atoms with E-state index >= 15 is 0 Å². The van der Waals surface area contributed by atoms with Crippen LogP contribution >= 0.6 is 0 Å². The maximum atomic E-state index is 12.5. The number of rotatable bonds is 6. The zero-order chi connectivity index (χ0) is 18.0. The highest BCUT2D eigenvalue weighted by Crippen LogP contribution is 2.22. The van der Waals surface area contributed by atoms with Crippen molar-refractivity contribution >= 4 is 23.6 Å². The lowest BCUT2D eigenvalue weighted by molar-refractivity contribution is -0.143. The van der Waals surface area contributed by atoms with Crippen LogP contribution in [0.4, 0.5) is 4.79 Å². The van der Waals surface area contributed by atoms with Crippen molar-refractivity contribution in [3.8, 4) is 5.75 Å². The Bertz CT molecular complexity index is 711. The SMILES string of the molecule is COc1ccc(C)cc1C(=O)CN1C(=O)C(=O)N(CC(C)C)C1=O. The van der Waals surface area contributed by atoms with Gasteiger partial charge in [-0.1, -0.05) is 25.5 Å². The summed E-state index contributed by atoms with van der Waals surface area (Å²) >= 11 is 0. The molecule has 2 rings (SSSR count). The van der Waals surface area contributed by atoms with Crippen LogP contribution in [0.1, 0.15) is 29.8 Å². The number of ketones is 1. The molecule has 0 aliphatic carbocycles. The van der Waals surface area contributed by atoms with Gasteiger partial charge in [-0.25, -0.2) is 9.69 Å². The summed E-state index contributed by atoms with van der Waals surface area (Å²) in [7, 11) is 1.43. The van der Waals surface area contributed by atoms with Crippen molar-refractivity contribution in [2.75, 3.05) is 20.2 Å². The van der Waals surface area contributed by atoms with Gasteiger partial charge in [0.15, 0.2) is 5.78 Å². The minimum absolute atomic E-state index is 0.0261. The minimum Gasteiger partial charge on any atom is -0.496 e. The number of carbonyl (C=O) groups is 4. The smallest absolute Gasteiger partial charge is 0.334 e. The van der Waals surface area contributed by atoms with Gasteiger partial charge in [0.2, 0.25) is 0 Å². The Kier molecular flexibility index (Phi) is 5.02. The molecule has 1 fully saturated rings. The van der Waals surface area contributed by atoms with Gasteiger partial charge in [0.1, 0.15) is 5.75 Å². The average Bonchev–Trinajstić information content (AvgIpc) is 2.72. The summed E-state index contributed by atoms with van der Waals surface area (Å²) in [6, 6.07) is 4.31. The van der Waals surface area contributed by atoms with Crippen molar-refractivity contribution in [2.45, 2.75) is 20.8 Å². The van der Waals surface area contributed by atoms with Crippen LogP contribution in [0.25, 0.3) is 0 Å². The molecule has 1 heterocycles. The van der Waals surface area contributed by atoms with Crippen molar-refractivity contribution in [2.24, 2.45) is 5.92 Å². The number of hydrogen-bond donors (Lipinski definition) is 0. The van der Waals surface area contributed by atoms with Crippen molar-refractivity contribution in [1.82, 2.24) is 9.80 Å². The normalized spacial score (nSPS) is 14.8. The number of hydrogen-bond acceptors (Lipinski definition) is 5. The molecule has 0 spiro atoms. The third-order valence-corrected chi connectivity index (χ3v) is 3.64. The molecule has 1 aromatic rings. The molecular formula is C17H20N2O5. The van der Waals surface area contributed by atoms with Crippen molar-refractivity contribution in [1.29, 1.82) is 0 Å². The Balaban J connectivity index is 2.23. The lowest BCUT2D eigenvalue weighted by atomic mass is 10.1. The van der Waals surface area contributed by atoms with Gasteiger partial charge in [0.05, 0.1) is 19.2 Å². The van der Waals surface area contributed by atoms with Crippen molar-refractivity contribution in [3.05, 3.63) is 29.3 Å². The molecule has 0 radical (unpaired) electrons. The molecule has 7 nitrogen and oxygen atoms in total. The molecule has 0 bridgehead atoms. The predicted octanol–water partition coefficient (Wildman–Crippen LogP) is 1.63. The third-order valence-electron chi connectivity index (χ3n) is 3.64. The average molecular weight is 332 g/mol. The van der Waals surface area contributed by atoms with Crippen LogP contribution in [0.15, 0.2) is 18.2 Å². The molecule has 24 heavy (non-hydrogen) atoms. The van der Waals surface area contributed by atoms with Crippen LogP contribution in [-0.4, -0.2) is 53.6 Å². The maximum Gasteiger partial charge on any atom is 0.334 e. The van der Waals surface area contributed by atoms with E-state index in [1.54, 1.807) is 18.2 Å². The second kappa shape index (κ2) is 6.82. The van der Waals surface area contributed by atoms with Gasteiger partial charge in [0, 0.05) is 6.54 Å². The summed E-state index contributed by atoms with van der Waals surface area (Å²) in [5.74, 6) is -1.94. The summed E-state index contributed by atoms with van der Waals surface area (Å²) in [6.07, 6.45) is 0. The predicted molar refractivity (Wildman–Crippen MR) is 85.7 cm³/mol. The van der Waals surface area contributed by atoms with E-state index in [1.165, 1.54) is 7.11 Å². The van der Waals surface area contributed by atoms with Crippen LogP contribution < -0.4 is 4.74 Å². The number of ether oxygens (including phenoxy) is 1. The van der Waals surface area contributed by atoms with Gasteiger partial charge < -0.3 is 4.74 Å². The van der Waals surface area contributed by atoms with Crippen molar-refractivity contribution in [3.63, 3.8) is 0 Å². The minimum atomic E-state index is -0.972. The first-order chi connectivity index (χ1) is 11.3. The summed E-state index contributed by atoms with van der Waals surface area (Å²) in [6.45, 7) is 5.13. The highest BCUT2D eigenvalue weighted by atomic mass is 16.5. The van der Waals surface area contributed by atoms with Gasteiger partial charge in [-0.05, 0) is 25.0 Å². The molecule has 1 saturated heterocycles. The van der Waals surface area contributed by atoms with Gasteiger partial charge in [0.25, 0.3) is 0 Å². The number of urea groups is 1. The number of nitrogens with zero attached hydrogens (tertiary/aromatic N) is 2. The van der Waals surface area contributed by atoms with E-state index in [-0.39, 0.29) is 18.0 Å². The molecule has 4 amide bonds. The standard InChI is InChI=1S/C17H20N2O5/c1-10(2)8-18-15(21)16(22)19(17(18)23)9-13(20)12-7-11(3)5-6-14(12)24-4/h5-7,10H,8-9H2,1-4H3. The van der Waals surface area contributed by atoms with Crippen LogP contribution in [-0.2, 0) is 9.59 Å². The number of aryl methyl sites for hydroxylation is 1. The number of benzene rings is 1. The molecule has 1 aromatic carbocycles. The van der Waals surface area contributed by atoms with E-state index in [0.717, 1.165) is 10.5 Å². The third kappa shape index (κ3) is 3.29. The molecule has 0 unspecified atom stereocenters. The van der Waals surface area contributed by atoms with E-state index in [2.05, 4.69) is 0 Å². The first-order valence-corrected chi connectivity index (χ1v) is 7.61. The van der Waals surface area contributed by atoms with Crippen LogP contribution in [0.3, 0.4) is 0 Å². The van der Waals surface area contributed by atoms with Crippen LogP contribution in [0.2, 0.25) is 0 Å². The molecule has 7 heteroatoms. The fraction of sp³-hybridized carbons (Fsp3) is 0.412. The number of Topliss-reactive ketones (excluding diaryl/α,β-unsaturated/α-hetero) is 1. The van der Waals surface area contributed by atoms with E-state index in [0.29, 0.717) is 10.6 Å². The lowest BCUT2D eigenvalue weighted by Crippen LogP contribution is -2.38. The highest BCUT2D eigenvalue weighted by Gasteiger charge is 2.45. The first-order valence-electron chi connectivity index (χ1n) is 7.61. The fourth-order valence-corrected chi connectivity index (χ4v) is 2.48. The van der Waals surface area contributed by atoms with Crippen LogP contribution in [0, 0.1) is 12.8 Å². The summed E-state index contributed by atoms with van der Waals surface area (Å²) in [5, 5.41) is 0. The molecule has 0 atom stereocenters. The molecule has 1 aliphatic rings. The Labute approximate surface area is 140 Å². The summed E-state index contributed by atoms with van der Waals surface area (Å²) in [5.41, 5.74) is 1.11. The van der Waals surface area contributed by atoms with Gasteiger partial charge in [-0.15, -0.1) is 0 Å². The number of carbonyl (C=O) groups excluding carboxylic acids is 4. The van der Waals surface area contributed by atoms with E-state index in [1.807, 2.05) is 20.8 Å². The first kappa shape index (κ1) is 17.7. The second-order valence-electron chi connectivity index (χ2n) is 6.11. The number of imide groups is 2. The molecule has 1 aliphatic heterocycles. The Morgan fingerprint density at radius 1 is 1.12 bits per heavy atom. The zero-order valence-electron chi connectivity index (χ0n) is 14.2. The fourth-order valence-electron chi connectivity index (χ4n) is 2.48. The largest absolute Gasteiger partial charge is 0.496 e. The van der Waals surface area contributed by atoms with Crippen molar-refractivity contribution < 1.29 is 23.9 Å². The Morgan fingerprint density at radius 2 is 1.75 bits per heavy atom. The van der Waals surface area contributed by atoms with E-state index < -0.39 is 30.2 Å². The quantitative estimate of drug-likeness (QED) is 0.449. The number of methoxy groups -OCH3 is 1. The number of amides is 4. The Morgan fingerprint density at radius 3 is 2.33 bits per heavy atom. The molecule has 0 aromatic heterocycles. The lowest BCUT2D eigenvalue weighted by Gasteiger charge is -2.17. The van der Waals surface area contributed by atoms with Crippen LogP contribution in [0.5, 0.6) is 5.75 Å². The monoisotopic (exact) mass is 332 g/mol. The van der Waals surface area contributed by atoms with E-state index in [9.17, 15) is 19.2 Å². The van der Waals surface area contributed by atoms with Gasteiger partial charge >= 0.3 is 17.8 Å². The summed E-state index contributed by atoms with van der Waals surface area (Å²) < 4.78 is 5.15. The topological polar surface area (TPSA) is 84.0 Å². The zero-order valence-corrected chi connectivity index (χ0v) is 14.2. The Hall–Kier alpha value is -2.70. The maximum absolute atomic E-state index is 12.5. The van der Waals surface area contributed by atoms with E-state index in [4.69, 9.17) is 4.74 Å². The molecule has 0 saturated carbocycles. The molecule has 0 N–H and O–H groups in total. The highest BCUT2D eigenvalue weighted by molar-refractivity contribution is 6.45. The molecule has 128 valence electrons. The summed E-state index contributed by atoms with van der Waals surface area (Å²) in [4.78, 5) is 50.3. The second-order valence-corrected chi connectivity index (χ2v) is 6.11. The van der Waals surface area contributed by atoms with Gasteiger partial charge in [-0.2, -0.15) is 0 Å². The molecular weight excluding hydrogens is 312 g/mol. The van der Waals surface area contributed by atoms with Gasteiger partial charge in [-0.3, -0.25) is 19.3 Å².